The summed E-state index contributed by atoms with van der Waals surface area (Å²) in [6.07, 6.45) is 2.58. The van der Waals surface area contributed by atoms with Gasteiger partial charge in [-0.3, -0.25) is 4.79 Å². The molecule has 1 unspecified atom stereocenters. The van der Waals surface area contributed by atoms with Gasteiger partial charge in [-0.25, -0.2) is 4.39 Å². The number of nitrogens with zero attached hydrogens (tertiary/aromatic N) is 4. The van der Waals surface area contributed by atoms with Gasteiger partial charge < -0.3 is 24.3 Å². The summed E-state index contributed by atoms with van der Waals surface area (Å²) in [6.45, 7) is 4.29. The molecule has 0 spiro atoms. The normalized spacial score (nSPS) is 19.9. The summed E-state index contributed by atoms with van der Waals surface area (Å²) in [5.41, 5.74) is 2.23. The molecule has 5 heterocycles. The maximum atomic E-state index is 14.4. The van der Waals surface area contributed by atoms with Crippen LogP contribution in [-0.4, -0.2) is 58.6 Å². The van der Waals surface area contributed by atoms with Gasteiger partial charge in [0, 0.05) is 36.8 Å². The van der Waals surface area contributed by atoms with E-state index in [1.807, 2.05) is 6.07 Å². The van der Waals surface area contributed by atoms with Crippen molar-refractivity contribution in [3.63, 3.8) is 0 Å². The van der Waals surface area contributed by atoms with Crippen LogP contribution in [0.25, 0.3) is 10.9 Å². The Labute approximate surface area is 202 Å². The second-order valence-electron chi connectivity index (χ2n) is 9.02. The second-order valence-corrected chi connectivity index (χ2v) is 9.02. The molecule has 0 radical (unpaired) electrons. The second kappa shape index (κ2) is 9.48. The van der Waals surface area contributed by atoms with Crippen molar-refractivity contribution in [3.05, 3.63) is 57.8 Å². The first-order valence-corrected chi connectivity index (χ1v) is 11.6. The Kier molecular flexibility index (Phi) is 6.42. The topological polar surface area (TPSA) is 81.5 Å². The molecule has 0 bridgehead atoms. The van der Waals surface area contributed by atoms with Gasteiger partial charge in [0.15, 0.2) is 5.75 Å². The molecule has 1 fully saturated rings. The summed E-state index contributed by atoms with van der Waals surface area (Å²) in [7, 11) is 0. The van der Waals surface area contributed by atoms with Gasteiger partial charge in [0.2, 0.25) is 0 Å². The molecule has 34 heavy (non-hydrogen) atoms. The minimum Gasteiger partial charge on any atom is -0.484 e. The first-order valence-electron chi connectivity index (χ1n) is 11.6. The molecule has 1 N–H and O–H groups in total. The van der Waals surface area contributed by atoms with Crippen molar-refractivity contribution < 1.29 is 13.9 Å². The standard InChI is InChI=1S/C24H26FN5O3.ClH/c25-20-3-1-15-2-4-22(31)30-18(12-19(20)23(15)30)14-29-7-5-16(6-8-29)26-13-17-11-21-24(28-27-17)33-10-9-32-21;/h1-4,11,16,18,26H,5-10,12-14H2;1H. The Morgan fingerprint density at radius 3 is 2.74 bits per heavy atom. The van der Waals surface area contributed by atoms with E-state index < -0.39 is 0 Å². The third kappa shape index (κ3) is 4.23. The number of pyridine rings is 1. The first kappa shape index (κ1) is 23.0. The summed E-state index contributed by atoms with van der Waals surface area (Å²) in [5, 5.41) is 12.8. The number of halogens is 2. The van der Waals surface area contributed by atoms with E-state index >= 15 is 0 Å². The fourth-order valence-electron chi connectivity index (χ4n) is 5.28. The van der Waals surface area contributed by atoms with Crippen molar-refractivity contribution in [1.29, 1.82) is 0 Å². The lowest BCUT2D eigenvalue weighted by atomic mass is 10.0. The smallest absolute Gasteiger partial charge is 0.276 e. The van der Waals surface area contributed by atoms with Gasteiger partial charge in [-0.15, -0.1) is 17.5 Å². The zero-order valence-corrected chi connectivity index (χ0v) is 19.5. The van der Waals surface area contributed by atoms with Crippen molar-refractivity contribution in [2.24, 2.45) is 0 Å². The molecule has 0 aliphatic carbocycles. The minimum atomic E-state index is -0.213. The van der Waals surface area contributed by atoms with Gasteiger partial charge >= 0.3 is 0 Å². The van der Waals surface area contributed by atoms with Crippen molar-refractivity contribution in [1.82, 2.24) is 25.0 Å². The van der Waals surface area contributed by atoms with E-state index in [4.69, 9.17) is 9.47 Å². The van der Waals surface area contributed by atoms with E-state index in [2.05, 4.69) is 20.4 Å². The van der Waals surface area contributed by atoms with Crippen LogP contribution in [0.2, 0.25) is 0 Å². The molecule has 3 aliphatic heterocycles. The first-order chi connectivity index (χ1) is 16.2. The van der Waals surface area contributed by atoms with Crippen LogP contribution >= 0.6 is 12.4 Å². The van der Waals surface area contributed by atoms with Gasteiger partial charge in [0.05, 0.1) is 17.3 Å². The predicted molar refractivity (Wildman–Crippen MR) is 127 cm³/mol. The Balaban J connectivity index is 0.00000241. The molecule has 1 aromatic carbocycles. The number of likely N-dealkylation sites (tertiary alicyclic amines) is 1. The highest BCUT2D eigenvalue weighted by molar-refractivity contribution is 5.85. The summed E-state index contributed by atoms with van der Waals surface area (Å²) in [4.78, 5) is 15.0. The quantitative estimate of drug-likeness (QED) is 0.592. The molecule has 3 aromatic rings. The van der Waals surface area contributed by atoms with Crippen LogP contribution in [0.1, 0.15) is 30.1 Å². The van der Waals surface area contributed by atoms with Crippen LogP contribution in [0.5, 0.6) is 11.6 Å². The van der Waals surface area contributed by atoms with Crippen LogP contribution in [0.15, 0.2) is 35.1 Å². The van der Waals surface area contributed by atoms with Gasteiger partial charge in [-0.2, -0.15) is 5.10 Å². The van der Waals surface area contributed by atoms with Crippen LogP contribution in [-0.2, 0) is 13.0 Å². The van der Waals surface area contributed by atoms with Crippen LogP contribution < -0.4 is 20.3 Å². The number of hydrogen-bond acceptors (Lipinski definition) is 7. The Morgan fingerprint density at radius 2 is 1.88 bits per heavy atom. The van der Waals surface area contributed by atoms with Crippen molar-refractivity contribution >= 4 is 23.3 Å². The lowest BCUT2D eigenvalue weighted by Gasteiger charge is -2.34. The van der Waals surface area contributed by atoms with Crippen molar-refractivity contribution in [3.8, 4) is 11.6 Å². The Morgan fingerprint density at radius 1 is 1.09 bits per heavy atom. The highest BCUT2D eigenvalue weighted by atomic mass is 35.5. The fourth-order valence-corrected chi connectivity index (χ4v) is 5.28. The molecule has 3 aliphatic rings. The number of benzene rings is 1. The third-order valence-corrected chi connectivity index (χ3v) is 6.93. The van der Waals surface area contributed by atoms with E-state index in [1.54, 1.807) is 22.8 Å². The number of hydrogen-bond donors (Lipinski definition) is 1. The lowest BCUT2D eigenvalue weighted by Crippen LogP contribution is -2.44. The number of aromatic nitrogens is 3. The number of fused-ring (bicyclic) bond motifs is 1. The highest BCUT2D eigenvalue weighted by Crippen LogP contribution is 2.33. The SMILES string of the molecule is Cl.O=c1ccc2ccc(F)c3c2n1C(CN1CCC(NCc2cc4c(nn2)OCCO4)CC1)C3. The van der Waals surface area contributed by atoms with Gasteiger partial charge in [0.25, 0.3) is 11.4 Å². The molecular formula is C24H27ClFN5O3. The summed E-state index contributed by atoms with van der Waals surface area (Å²) < 4.78 is 27.3. The van der Waals surface area contributed by atoms with E-state index in [0.29, 0.717) is 49.4 Å². The fraction of sp³-hybridized carbons (Fsp3) is 0.458. The molecule has 0 saturated carbocycles. The molecule has 1 saturated heterocycles. The largest absolute Gasteiger partial charge is 0.484 e. The van der Waals surface area contributed by atoms with Gasteiger partial charge in [0.1, 0.15) is 19.0 Å². The summed E-state index contributed by atoms with van der Waals surface area (Å²) in [6, 6.07) is 8.92. The van der Waals surface area contributed by atoms with Crippen molar-refractivity contribution in [2.45, 2.75) is 37.9 Å². The number of ether oxygens (including phenoxy) is 2. The van der Waals surface area contributed by atoms with Gasteiger partial charge in [-0.1, -0.05) is 0 Å². The van der Waals surface area contributed by atoms with Crippen LogP contribution in [0, 0.1) is 5.82 Å². The summed E-state index contributed by atoms with van der Waals surface area (Å²) in [5.74, 6) is 0.902. The average Bonchev–Trinajstić information content (AvgIpc) is 3.23. The molecule has 0 amide bonds. The maximum Gasteiger partial charge on any atom is 0.276 e. The van der Waals surface area contributed by atoms with E-state index in [-0.39, 0.29) is 29.8 Å². The predicted octanol–water partition coefficient (Wildman–Crippen LogP) is 2.48. The number of nitrogens with one attached hydrogen (secondary N) is 1. The zero-order valence-electron chi connectivity index (χ0n) is 18.7. The van der Waals surface area contributed by atoms with E-state index in [1.165, 1.54) is 6.07 Å². The highest BCUT2D eigenvalue weighted by Gasteiger charge is 2.30. The van der Waals surface area contributed by atoms with Gasteiger partial charge in [-0.05, 0) is 55.9 Å². The molecule has 6 rings (SSSR count). The molecule has 10 heteroatoms. The van der Waals surface area contributed by atoms with Crippen LogP contribution in [0.4, 0.5) is 4.39 Å². The molecule has 180 valence electrons. The minimum absolute atomic E-state index is 0. The Bertz CT molecular complexity index is 1260. The van der Waals surface area contributed by atoms with E-state index in [0.717, 1.165) is 49.1 Å². The van der Waals surface area contributed by atoms with E-state index in [9.17, 15) is 9.18 Å². The van der Waals surface area contributed by atoms with Crippen molar-refractivity contribution in [2.75, 3.05) is 32.8 Å². The number of rotatable bonds is 5. The van der Waals surface area contributed by atoms with Crippen LogP contribution in [0.3, 0.4) is 0 Å². The summed E-state index contributed by atoms with van der Waals surface area (Å²) >= 11 is 0. The molecule has 1 atom stereocenters. The molecular weight excluding hydrogens is 461 g/mol. The zero-order chi connectivity index (χ0) is 22.4. The lowest BCUT2D eigenvalue weighted by molar-refractivity contribution is 0.161. The Hall–Kier alpha value is -2.75. The maximum absolute atomic E-state index is 14.4. The molecule has 8 nitrogen and oxygen atoms in total. The third-order valence-electron chi connectivity index (χ3n) is 6.93. The average molecular weight is 488 g/mol. The molecule has 2 aromatic heterocycles. The monoisotopic (exact) mass is 487 g/mol. The number of piperidine rings is 1.